The van der Waals surface area contributed by atoms with Crippen molar-refractivity contribution in [3.8, 4) is 0 Å². The number of nitrogens with one attached hydrogen (secondary N) is 1. The average Bonchev–Trinajstić information content (AvgIpc) is 2.52. The Kier molecular flexibility index (Phi) is 5.59. The first-order chi connectivity index (χ1) is 10.8. The molecule has 0 atom stereocenters. The van der Waals surface area contributed by atoms with Crippen molar-refractivity contribution in [1.82, 2.24) is 9.62 Å². The van der Waals surface area contributed by atoms with E-state index in [4.69, 9.17) is 4.74 Å². The van der Waals surface area contributed by atoms with E-state index in [1.807, 2.05) is 35.1 Å². The second kappa shape index (κ2) is 7.45. The lowest BCUT2D eigenvalue weighted by Crippen LogP contribution is -2.44. The van der Waals surface area contributed by atoms with Crippen molar-refractivity contribution in [2.75, 3.05) is 19.3 Å². The number of sulfonamides is 1. The number of carbonyl (C=O) groups excluding carboxylic acids is 2. The van der Waals surface area contributed by atoms with E-state index in [1.165, 1.54) is 4.90 Å². The van der Waals surface area contributed by atoms with E-state index in [2.05, 4.69) is 0 Å². The fourth-order valence-corrected chi connectivity index (χ4v) is 2.93. The lowest BCUT2D eigenvalue weighted by atomic mass is 9.97. The number of hydrogen-bond donors (Lipinski definition) is 1. The lowest BCUT2D eigenvalue weighted by molar-refractivity contribution is -0.124. The molecule has 1 saturated heterocycles. The highest BCUT2D eigenvalue weighted by atomic mass is 32.2. The van der Waals surface area contributed by atoms with Crippen LogP contribution in [-0.4, -0.2) is 44.7 Å². The van der Waals surface area contributed by atoms with E-state index in [9.17, 15) is 18.0 Å². The smallest absolute Gasteiger partial charge is 0.410 e. The molecule has 1 heterocycles. The standard InChI is InChI=1S/C15H20N2O5S/c1-23(20,21)16-14(18)13-7-9-17(10-8-13)15(19)22-11-12-5-3-2-4-6-12/h2-6,13H,7-11H2,1H3,(H,16,18). The molecule has 2 rings (SSSR count). The van der Waals surface area contributed by atoms with Crippen LogP contribution in [0, 0.1) is 5.92 Å². The van der Waals surface area contributed by atoms with E-state index in [0.29, 0.717) is 25.9 Å². The maximum absolute atomic E-state index is 12.0. The molecule has 1 N–H and O–H groups in total. The predicted molar refractivity (Wildman–Crippen MR) is 83.9 cm³/mol. The van der Waals surface area contributed by atoms with Crippen molar-refractivity contribution in [3.05, 3.63) is 35.9 Å². The van der Waals surface area contributed by atoms with E-state index in [0.717, 1.165) is 11.8 Å². The highest BCUT2D eigenvalue weighted by Gasteiger charge is 2.29. The molecule has 0 bridgehead atoms. The SMILES string of the molecule is CS(=O)(=O)NC(=O)C1CCN(C(=O)OCc2ccccc2)CC1. The Bertz CT molecular complexity index is 652. The van der Waals surface area contributed by atoms with Gasteiger partial charge in [0, 0.05) is 19.0 Å². The molecule has 1 aromatic carbocycles. The summed E-state index contributed by atoms with van der Waals surface area (Å²) in [6, 6.07) is 9.37. The number of benzene rings is 1. The van der Waals surface area contributed by atoms with Crippen LogP contribution in [0.4, 0.5) is 4.79 Å². The second-order valence-corrected chi connectivity index (χ2v) is 7.29. The summed E-state index contributed by atoms with van der Waals surface area (Å²) in [4.78, 5) is 25.3. The summed E-state index contributed by atoms with van der Waals surface area (Å²) < 4.78 is 29.3. The molecule has 0 unspecified atom stereocenters. The van der Waals surface area contributed by atoms with Gasteiger partial charge in [-0.15, -0.1) is 0 Å². The molecule has 1 aliphatic heterocycles. The second-order valence-electron chi connectivity index (χ2n) is 5.54. The predicted octanol–water partition coefficient (Wildman–Crippen LogP) is 1.11. The number of rotatable bonds is 4. The van der Waals surface area contributed by atoms with Crippen LogP contribution in [0.1, 0.15) is 18.4 Å². The highest BCUT2D eigenvalue weighted by molar-refractivity contribution is 7.89. The molecule has 1 fully saturated rings. The van der Waals surface area contributed by atoms with Gasteiger partial charge in [0.05, 0.1) is 6.26 Å². The van der Waals surface area contributed by atoms with Crippen molar-refractivity contribution >= 4 is 22.0 Å². The van der Waals surface area contributed by atoms with Crippen LogP contribution in [-0.2, 0) is 26.2 Å². The largest absolute Gasteiger partial charge is 0.445 e. The molecule has 8 heteroatoms. The first kappa shape index (κ1) is 17.3. The Balaban J connectivity index is 1.77. The van der Waals surface area contributed by atoms with Gasteiger partial charge in [0.2, 0.25) is 15.9 Å². The number of amides is 2. The molecule has 0 saturated carbocycles. The quantitative estimate of drug-likeness (QED) is 0.886. The van der Waals surface area contributed by atoms with Crippen molar-refractivity contribution in [3.63, 3.8) is 0 Å². The highest BCUT2D eigenvalue weighted by Crippen LogP contribution is 2.18. The average molecular weight is 340 g/mol. The molecule has 0 aliphatic carbocycles. The maximum atomic E-state index is 12.0. The monoisotopic (exact) mass is 340 g/mol. The van der Waals surface area contributed by atoms with Gasteiger partial charge in [0.15, 0.2) is 0 Å². The Hall–Kier alpha value is -2.09. The van der Waals surface area contributed by atoms with E-state index in [-0.39, 0.29) is 6.61 Å². The summed E-state index contributed by atoms with van der Waals surface area (Å²) in [5, 5.41) is 0. The summed E-state index contributed by atoms with van der Waals surface area (Å²) in [6.45, 7) is 0.944. The normalized spacial score (nSPS) is 16.0. The molecule has 0 aromatic heterocycles. The maximum Gasteiger partial charge on any atom is 0.410 e. The van der Waals surface area contributed by atoms with Gasteiger partial charge in [-0.05, 0) is 18.4 Å². The van der Waals surface area contributed by atoms with Gasteiger partial charge < -0.3 is 9.64 Å². The zero-order valence-corrected chi connectivity index (χ0v) is 13.7. The van der Waals surface area contributed by atoms with Gasteiger partial charge in [-0.25, -0.2) is 13.2 Å². The van der Waals surface area contributed by atoms with Crippen LogP contribution in [0.15, 0.2) is 30.3 Å². The molecule has 2 amide bonds. The Morgan fingerprint density at radius 1 is 1.22 bits per heavy atom. The first-order valence-corrected chi connectivity index (χ1v) is 9.21. The van der Waals surface area contributed by atoms with Gasteiger partial charge in [-0.3, -0.25) is 9.52 Å². The Morgan fingerprint density at radius 3 is 2.39 bits per heavy atom. The molecular weight excluding hydrogens is 320 g/mol. The number of carbonyl (C=O) groups is 2. The summed E-state index contributed by atoms with van der Waals surface area (Å²) in [6.07, 6.45) is 1.36. The fourth-order valence-electron chi connectivity index (χ4n) is 2.40. The van der Waals surface area contributed by atoms with Crippen molar-refractivity contribution in [1.29, 1.82) is 0 Å². The first-order valence-electron chi connectivity index (χ1n) is 7.32. The van der Waals surface area contributed by atoms with Gasteiger partial charge in [0.25, 0.3) is 0 Å². The molecule has 1 aliphatic rings. The number of nitrogens with zero attached hydrogens (tertiary/aromatic N) is 1. The number of likely N-dealkylation sites (tertiary alicyclic amines) is 1. The van der Waals surface area contributed by atoms with Crippen LogP contribution < -0.4 is 4.72 Å². The molecule has 0 spiro atoms. The lowest BCUT2D eigenvalue weighted by Gasteiger charge is -2.30. The van der Waals surface area contributed by atoms with E-state index in [1.54, 1.807) is 0 Å². The molecular formula is C15H20N2O5S. The van der Waals surface area contributed by atoms with Crippen molar-refractivity contribution in [2.24, 2.45) is 5.92 Å². The molecule has 1 aromatic rings. The summed E-state index contributed by atoms with van der Waals surface area (Å²) >= 11 is 0. The van der Waals surface area contributed by atoms with E-state index < -0.39 is 27.9 Å². The minimum absolute atomic E-state index is 0.203. The number of piperidine rings is 1. The number of ether oxygens (including phenoxy) is 1. The number of hydrogen-bond acceptors (Lipinski definition) is 5. The fraction of sp³-hybridized carbons (Fsp3) is 0.467. The van der Waals surface area contributed by atoms with Crippen LogP contribution in [0.3, 0.4) is 0 Å². The van der Waals surface area contributed by atoms with Crippen LogP contribution in [0.25, 0.3) is 0 Å². The third kappa shape index (κ3) is 5.55. The van der Waals surface area contributed by atoms with Gasteiger partial charge in [-0.1, -0.05) is 30.3 Å². The molecule has 7 nitrogen and oxygen atoms in total. The van der Waals surface area contributed by atoms with Crippen molar-refractivity contribution in [2.45, 2.75) is 19.4 Å². The van der Waals surface area contributed by atoms with Gasteiger partial charge in [0.1, 0.15) is 6.61 Å². The molecule has 126 valence electrons. The molecule has 23 heavy (non-hydrogen) atoms. The van der Waals surface area contributed by atoms with E-state index >= 15 is 0 Å². The van der Waals surface area contributed by atoms with Crippen molar-refractivity contribution < 1.29 is 22.7 Å². The van der Waals surface area contributed by atoms with Crippen LogP contribution in [0.2, 0.25) is 0 Å². The summed E-state index contributed by atoms with van der Waals surface area (Å²) in [5.41, 5.74) is 0.906. The zero-order chi connectivity index (χ0) is 16.9. The topological polar surface area (TPSA) is 92.8 Å². The zero-order valence-electron chi connectivity index (χ0n) is 12.9. The Morgan fingerprint density at radius 2 is 1.83 bits per heavy atom. The molecule has 0 radical (unpaired) electrons. The Labute approximate surface area is 135 Å². The van der Waals surface area contributed by atoms with Crippen LogP contribution >= 0.6 is 0 Å². The minimum atomic E-state index is -3.55. The third-order valence-corrected chi connectivity index (χ3v) is 4.19. The van der Waals surface area contributed by atoms with Gasteiger partial charge in [-0.2, -0.15) is 0 Å². The summed E-state index contributed by atoms with van der Waals surface area (Å²) in [7, 11) is -3.55. The van der Waals surface area contributed by atoms with Crippen LogP contribution in [0.5, 0.6) is 0 Å². The van der Waals surface area contributed by atoms with Gasteiger partial charge >= 0.3 is 6.09 Å². The minimum Gasteiger partial charge on any atom is -0.445 e. The third-order valence-electron chi connectivity index (χ3n) is 3.62. The summed E-state index contributed by atoms with van der Waals surface area (Å²) in [5.74, 6) is -0.910.